The molecule has 0 radical (unpaired) electrons. The van der Waals surface area contributed by atoms with Crippen molar-refractivity contribution in [2.45, 2.75) is 6.54 Å². The van der Waals surface area contributed by atoms with Crippen LogP contribution in [0.5, 0.6) is 5.75 Å². The Labute approximate surface area is 173 Å². The van der Waals surface area contributed by atoms with Crippen LogP contribution in [0.4, 0.5) is 14.9 Å². The van der Waals surface area contributed by atoms with E-state index in [1.54, 1.807) is 25.3 Å². The highest BCUT2D eigenvalue weighted by Gasteiger charge is 2.10. The molecule has 0 aliphatic rings. The third-order valence-corrected chi connectivity index (χ3v) is 4.66. The molecule has 3 aromatic carbocycles. The first-order valence-electron chi connectivity index (χ1n) is 9.46. The van der Waals surface area contributed by atoms with Gasteiger partial charge in [-0.3, -0.25) is 0 Å². The molecule has 2 amide bonds. The number of anilines is 1. The van der Waals surface area contributed by atoms with Crippen LogP contribution in [0.25, 0.3) is 22.2 Å². The van der Waals surface area contributed by atoms with Crippen LogP contribution >= 0.6 is 0 Å². The number of ether oxygens (including phenoxy) is 1. The van der Waals surface area contributed by atoms with E-state index in [-0.39, 0.29) is 18.4 Å². The molecular weight excluding hydrogens is 381 g/mol. The number of pyridine rings is 1. The smallest absolute Gasteiger partial charge is 0.319 e. The van der Waals surface area contributed by atoms with Gasteiger partial charge in [-0.25, -0.2) is 14.2 Å². The lowest BCUT2D eigenvalue weighted by Crippen LogP contribution is -2.28. The van der Waals surface area contributed by atoms with Crippen LogP contribution in [0.15, 0.2) is 78.9 Å². The van der Waals surface area contributed by atoms with Gasteiger partial charge in [-0.2, -0.15) is 0 Å². The van der Waals surface area contributed by atoms with E-state index >= 15 is 0 Å². The normalized spacial score (nSPS) is 10.6. The van der Waals surface area contributed by atoms with Gasteiger partial charge < -0.3 is 15.4 Å². The number of hydrogen-bond donors (Lipinski definition) is 2. The summed E-state index contributed by atoms with van der Waals surface area (Å²) in [6.45, 7) is 0.225. The number of aromatic nitrogens is 1. The van der Waals surface area contributed by atoms with Gasteiger partial charge in [0.1, 0.15) is 11.6 Å². The second-order valence-corrected chi connectivity index (χ2v) is 6.75. The molecule has 1 heterocycles. The van der Waals surface area contributed by atoms with Gasteiger partial charge in [0.05, 0.1) is 18.3 Å². The summed E-state index contributed by atoms with van der Waals surface area (Å²) in [5.74, 6) is 0.335. The molecule has 0 aliphatic carbocycles. The highest BCUT2D eigenvalue weighted by atomic mass is 19.1. The average Bonchev–Trinajstić information content (AvgIpc) is 2.77. The van der Waals surface area contributed by atoms with Gasteiger partial charge in [-0.05, 0) is 35.9 Å². The lowest BCUT2D eigenvalue weighted by atomic mass is 10.1. The zero-order valence-corrected chi connectivity index (χ0v) is 16.4. The summed E-state index contributed by atoms with van der Waals surface area (Å²) in [7, 11) is 1.61. The summed E-state index contributed by atoms with van der Waals surface area (Å²) < 4.78 is 18.8. The fraction of sp³-hybridized carbons (Fsp3) is 0.0833. The first kappa shape index (κ1) is 19.4. The molecule has 4 aromatic rings. The molecule has 30 heavy (non-hydrogen) atoms. The van der Waals surface area contributed by atoms with Gasteiger partial charge in [0.25, 0.3) is 0 Å². The maximum Gasteiger partial charge on any atom is 0.319 e. The zero-order valence-electron chi connectivity index (χ0n) is 16.4. The molecular formula is C24H20FN3O2. The minimum absolute atomic E-state index is 0.225. The summed E-state index contributed by atoms with van der Waals surface area (Å²) in [6.07, 6.45) is 0. The number of hydrogen-bond acceptors (Lipinski definition) is 3. The van der Waals surface area contributed by atoms with E-state index in [1.807, 2.05) is 48.5 Å². The van der Waals surface area contributed by atoms with E-state index in [0.29, 0.717) is 17.0 Å². The van der Waals surface area contributed by atoms with Gasteiger partial charge >= 0.3 is 6.03 Å². The number of fused-ring (bicyclic) bond motifs is 1. The van der Waals surface area contributed by atoms with Gasteiger partial charge in [0.15, 0.2) is 0 Å². The molecule has 150 valence electrons. The number of carbonyl (C=O) groups is 1. The van der Waals surface area contributed by atoms with Crippen LogP contribution in [-0.2, 0) is 6.54 Å². The Morgan fingerprint density at radius 3 is 2.60 bits per heavy atom. The molecule has 1 aromatic heterocycles. The summed E-state index contributed by atoms with van der Waals surface area (Å²) in [5.41, 5.74) is 3.86. The van der Waals surface area contributed by atoms with Crippen molar-refractivity contribution in [1.82, 2.24) is 10.3 Å². The second kappa shape index (κ2) is 8.61. The predicted molar refractivity (Wildman–Crippen MR) is 116 cm³/mol. The number of urea groups is 1. The molecule has 2 N–H and O–H groups in total. The molecule has 0 fully saturated rings. The van der Waals surface area contributed by atoms with Crippen molar-refractivity contribution >= 4 is 22.6 Å². The minimum Gasteiger partial charge on any atom is -0.496 e. The van der Waals surface area contributed by atoms with Gasteiger partial charge in [-0.15, -0.1) is 0 Å². The lowest BCUT2D eigenvalue weighted by Gasteiger charge is -2.12. The van der Waals surface area contributed by atoms with Crippen LogP contribution < -0.4 is 15.4 Å². The van der Waals surface area contributed by atoms with E-state index in [2.05, 4.69) is 10.6 Å². The number of halogens is 1. The fourth-order valence-electron chi connectivity index (χ4n) is 3.20. The number of amides is 2. The molecule has 0 saturated heterocycles. The molecule has 0 spiro atoms. The molecule has 0 saturated carbocycles. The summed E-state index contributed by atoms with van der Waals surface area (Å²) >= 11 is 0. The maximum atomic E-state index is 13.2. The standard InChI is InChI=1S/C24H20FN3O2/c1-30-23-14-22(17-7-3-2-4-8-17)28-21-11-10-19(13-20(21)23)27-24(29)26-15-16-6-5-9-18(25)12-16/h2-14H,15H2,1H3,(H2,26,27,29). The Morgan fingerprint density at radius 2 is 1.83 bits per heavy atom. The SMILES string of the molecule is COc1cc(-c2ccccc2)nc2ccc(NC(=O)NCc3cccc(F)c3)cc12. The van der Waals surface area contributed by atoms with Crippen molar-refractivity contribution in [2.75, 3.05) is 12.4 Å². The number of nitrogens with one attached hydrogen (secondary N) is 2. The summed E-state index contributed by atoms with van der Waals surface area (Å²) in [6, 6.07) is 22.9. The first-order valence-corrected chi connectivity index (χ1v) is 9.46. The monoisotopic (exact) mass is 401 g/mol. The molecule has 0 aliphatic heterocycles. The van der Waals surface area contributed by atoms with Crippen LogP contribution in [0.3, 0.4) is 0 Å². The van der Waals surface area contributed by atoms with Crippen molar-refractivity contribution in [3.63, 3.8) is 0 Å². The van der Waals surface area contributed by atoms with Crippen LogP contribution in [0.2, 0.25) is 0 Å². The number of nitrogens with zero attached hydrogens (tertiary/aromatic N) is 1. The van der Waals surface area contributed by atoms with Crippen molar-refractivity contribution < 1.29 is 13.9 Å². The maximum absolute atomic E-state index is 13.2. The molecule has 4 rings (SSSR count). The Hall–Kier alpha value is -3.93. The molecule has 6 heteroatoms. The highest BCUT2D eigenvalue weighted by molar-refractivity contribution is 5.95. The molecule has 5 nitrogen and oxygen atoms in total. The van der Waals surface area contributed by atoms with E-state index in [9.17, 15) is 9.18 Å². The lowest BCUT2D eigenvalue weighted by molar-refractivity contribution is 0.251. The fourth-order valence-corrected chi connectivity index (χ4v) is 3.20. The van der Waals surface area contributed by atoms with Gasteiger partial charge in [0.2, 0.25) is 0 Å². The highest BCUT2D eigenvalue weighted by Crippen LogP contribution is 2.31. The third-order valence-electron chi connectivity index (χ3n) is 4.66. The Kier molecular flexibility index (Phi) is 5.57. The van der Waals surface area contributed by atoms with Crippen molar-refractivity contribution in [2.24, 2.45) is 0 Å². The van der Waals surface area contributed by atoms with E-state index in [1.165, 1.54) is 12.1 Å². The topological polar surface area (TPSA) is 63.2 Å². The van der Waals surface area contributed by atoms with Crippen molar-refractivity contribution in [3.8, 4) is 17.0 Å². The largest absolute Gasteiger partial charge is 0.496 e. The Balaban J connectivity index is 1.53. The predicted octanol–water partition coefficient (Wildman–Crippen LogP) is 5.37. The van der Waals surface area contributed by atoms with E-state index in [4.69, 9.17) is 9.72 Å². The minimum atomic E-state index is -0.383. The number of methoxy groups -OCH3 is 1. The first-order chi connectivity index (χ1) is 14.6. The molecule has 0 unspecified atom stereocenters. The van der Waals surface area contributed by atoms with Crippen LogP contribution in [0, 0.1) is 5.82 Å². The number of carbonyl (C=O) groups excluding carboxylic acids is 1. The Morgan fingerprint density at radius 1 is 1.00 bits per heavy atom. The van der Waals surface area contributed by atoms with Crippen LogP contribution in [0.1, 0.15) is 5.56 Å². The van der Waals surface area contributed by atoms with Crippen molar-refractivity contribution in [3.05, 3.63) is 90.2 Å². The van der Waals surface area contributed by atoms with Crippen LogP contribution in [-0.4, -0.2) is 18.1 Å². The van der Waals surface area contributed by atoms with Gasteiger partial charge in [0, 0.05) is 29.2 Å². The number of rotatable bonds is 5. The summed E-state index contributed by atoms with van der Waals surface area (Å²) in [4.78, 5) is 17.0. The van der Waals surface area contributed by atoms with Crippen molar-refractivity contribution in [1.29, 1.82) is 0 Å². The van der Waals surface area contributed by atoms with E-state index < -0.39 is 0 Å². The average molecular weight is 401 g/mol. The van der Waals surface area contributed by atoms with E-state index in [0.717, 1.165) is 22.2 Å². The summed E-state index contributed by atoms with van der Waals surface area (Å²) in [5, 5.41) is 6.30. The Bertz CT molecular complexity index is 1200. The van der Waals surface area contributed by atoms with Gasteiger partial charge in [-0.1, -0.05) is 42.5 Å². The number of benzene rings is 3. The molecule has 0 atom stereocenters. The quantitative estimate of drug-likeness (QED) is 0.472. The third kappa shape index (κ3) is 4.38. The zero-order chi connectivity index (χ0) is 20.9. The molecule has 0 bridgehead atoms. The second-order valence-electron chi connectivity index (χ2n) is 6.75.